The summed E-state index contributed by atoms with van der Waals surface area (Å²) in [4.78, 5) is 5.19. The van der Waals surface area contributed by atoms with Gasteiger partial charge in [-0.05, 0) is 6.07 Å². The number of hydrogen-bond acceptors (Lipinski definition) is 5. The SMILES string of the molecule is COCc1nc(Cc2ccccc2OC)sc1C(=N)N. The van der Waals surface area contributed by atoms with Crippen LogP contribution in [0.1, 0.15) is 21.1 Å². The summed E-state index contributed by atoms with van der Waals surface area (Å²) in [5, 5.41) is 8.49. The Hall–Kier alpha value is -1.92. The molecular formula is C14H17N3O2S. The molecule has 1 aromatic heterocycles. The highest BCUT2D eigenvalue weighted by molar-refractivity contribution is 7.13. The van der Waals surface area contributed by atoms with Gasteiger partial charge in [-0.25, -0.2) is 4.98 Å². The topological polar surface area (TPSA) is 81.2 Å². The van der Waals surface area contributed by atoms with Gasteiger partial charge in [-0.1, -0.05) is 18.2 Å². The molecule has 0 saturated heterocycles. The minimum Gasteiger partial charge on any atom is -0.496 e. The number of nitrogens with zero attached hydrogens (tertiary/aromatic N) is 1. The van der Waals surface area contributed by atoms with E-state index >= 15 is 0 Å². The largest absolute Gasteiger partial charge is 0.496 e. The van der Waals surface area contributed by atoms with E-state index in [2.05, 4.69) is 4.98 Å². The highest BCUT2D eigenvalue weighted by Gasteiger charge is 2.14. The monoisotopic (exact) mass is 291 g/mol. The molecule has 0 amide bonds. The van der Waals surface area contributed by atoms with E-state index in [9.17, 15) is 0 Å². The molecule has 0 radical (unpaired) electrons. The Labute approximate surface area is 121 Å². The first kappa shape index (κ1) is 14.5. The van der Waals surface area contributed by atoms with Crippen LogP contribution in [-0.2, 0) is 17.8 Å². The molecule has 6 heteroatoms. The van der Waals surface area contributed by atoms with Crippen molar-refractivity contribution in [2.75, 3.05) is 14.2 Å². The third-order valence-electron chi connectivity index (χ3n) is 2.80. The van der Waals surface area contributed by atoms with Crippen molar-refractivity contribution < 1.29 is 9.47 Å². The van der Waals surface area contributed by atoms with Crippen LogP contribution >= 0.6 is 11.3 Å². The van der Waals surface area contributed by atoms with E-state index in [4.69, 9.17) is 20.6 Å². The molecule has 0 unspecified atom stereocenters. The van der Waals surface area contributed by atoms with Gasteiger partial charge in [0.15, 0.2) is 0 Å². The van der Waals surface area contributed by atoms with Crippen molar-refractivity contribution in [2.24, 2.45) is 5.73 Å². The summed E-state index contributed by atoms with van der Waals surface area (Å²) in [6.07, 6.45) is 0.651. The van der Waals surface area contributed by atoms with Crippen molar-refractivity contribution in [1.82, 2.24) is 4.98 Å². The average Bonchev–Trinajstić information content (AvgIpc) is 2.83. The zero-order chi connectivity index (χ0) is 14.5. The van der Waals surface area contributed by atoms with Gasteiger partial charge in [-0.15, -0.1) is 11.3 Å². The maximum absolute atomic E-state index is 7.59. The number of thiazole rings is 1. The third kappa shape index (κ3) is 3.15. The molecule has 0 atom stereocenters. The number of hydrogen-bond donors (Lipinski definition) is 2. The van der Waals surface area contributed by atoms with Crippen LogP contribution in [0.25, 0.3) is 0 Å². The molecule has 1 aromatic carbocycles. The van der Waals surface area contributed by atoms with E-state index in [1.54, 1.807) is 14.2 Å². The molecule has 0 aliphatic carbocycles. The van der Waals surface area contributed by atoms with E-state index in [1.807, 2.05) is 24.3 Å². The van der Waals surface area contributed by atoms with Gasteiger partial charge < -0.3 is 15.2 Å². The van der Waals surface area contributed by atoms with Crippen LogP contribution in [0.15, 0.2) is 24.3 Å². The summed E-state index contributed by atoms with van der Waals surface area (Å²) < 4.78 is 10.4. The Morgan fingerprint density at radius 1 is 1.35 bits per heavy atom. The number of aromatic nitrogens is 1. The zero-order valence-electron chi connectivity index (χ0n) is 11.5. The third-order valence-corrected chi connectivity index (χ3v) is 3.93. The van der Waals surface area contributed by atoms with Crippen LogP contribution in [0.2, 0.25) is 0 Å². The first-order valence-corrected chi connectivity index (χ1v) is 6.91. The molecular weight excluding hydrogens is 274 g/mol. The molecule has 3 N–H and O–H groups in total. The number of rotatable bonds is 6. The highest BCUT2D eigenvalue weighted by Crippen LogP contribution is 2.25. The van der Waals surface area contributed by atoms with Gasteiger partial charge in [0, 0.05) is 19.1 Å². The Morgan fingerprint density at radius 2 is 2.10 bits per heavy atom. The maximum Gasteiger partial charge on any atom is 0.135 e. The van der Waals surface area contributed by atoms with Crippen LogP contribution in [-0.4, -0.2) is 25.0 Å². The van der Waals surface area contributed by atoms with Crippen LogP contribution in [0.5, 0.6) is 5.75 Å². The quantitative estimate of drug-likeness (QED) is 0.631. The summed E-state index contributed by atoms with van der Waals surface area (Å²) >= 11 is 1.43. The molecule has 0 spiro atoms. The van der Waals surface area contributed by atoms with Crippen molar-refractivity contribution in [3.8, 4) is 5.75 Å². The number of para-hydroxylation sites is 1. The molecule has 1 heterocycles. The summed E-state index contributed by atoms with van der Waals surface area (Å²) in [7, 11) is 3.25. The van der Waals surface area contributed by atoms with Gasteiger partial charge in [-0.2, -0.15) is 0 Å². The summed E-state index contributed by atoms with van der Waals surface area (Å²) in [5.74, 6) is 0.862. The zero-order valence-corrected chi connectivity index (χ0v) is 12.3. The lowest BCUT2D eigenvalue weighted by atomic mass is 10.1. The molecule has 106 valence electrons. The highest BCUT2D eigenvalue weighted by atomic mass is 32.1. The number of ether oxygens (including phenoxy) is 2. The van der Waals surface area contributed by atoms with E-state index < -0.39 is 0 Å². The van der Waals surface area contributed by atoms with E-state index in [-0.39, 0.29) is 5.84 Å². The number of benzene rings is 1. The van der Waals surface area contributed by atoms with Gasteiger partial charge in [0.1, 0.15) is 11.6 Å². The summed E-state index contributed by atoms with van der Waals surface area (Å²) in [6, 6.07) is 7.82. The molecule has 0 aliphatic rings. The van der Waals surface area contributed by atoms with Crippen molar-refractivity contribution in [2.45, 2.75) is 13.0 Å². The second kappa shape index (κ2) is 6.49. The van der Waals surface area contributed by atoms with Crippen LogP contribution < -0.4 is 10.5 Å². The predicted molar refractivity (Wildman–Crippen MR) is 79.6 cm³/mol. The van der Waals surface area contributed by atoms with Crippen molar-refractivity contribution in [3.63, 3.8) is 0 Å². The first-order valence-electron chi connectivity index (χ1n) is 6.09. The molecule has 0 bridgehead atoms. The lowest BCUT2D eigenvalue weighted by Gasteiger charge is -2.05. The Bertz CT molecular complexity index is 610. The summed E-state index contributed by atoms with van der Waals surface area (Å²) in [5.41, 5.74) is 7.36. The number of amidine groups is 1. The molecule has 2 aromatic rings. The van der Waals surface area contributed by atoms with Crippen molar-refractivity contribution in [3.05, 3.63) is 45.4 Å². The fraction of sp³-hybridized carbons (Fsp3) is 0.286. The Balaban J connectivity index is 2.29. The molecule has 2 rings (SSSR count). The smallest absolute Gasteiger partial charge is 0.135 e. The van der Waals surface area contributed by atoms with Crippen LogP contribution in [0.4, 0.5) is 0 Å². The van der Waals surface area contributed by atoms with E-state index in [1.165, 1.54) is 11.3 Å². The molecule has 0 saturated carbocycles. The molecule has 0 aliphatic heterocycles. The normalized spacial score (nSPS) is 10.5. The average molecular weight is 291 g/mol. The Morgan fingerprint density at radius 3 is 2.75 bits per heavy atom. The van der Waals surface area contributed by atoms with E-state index in [0.29, 0.717) is 17.9 Å². The van der Waals surface area contributed by atoms with E-state index in [0.717, 1.165) is 22.0 Å². The van der Waals surface area contributed by atoms with Gasteiger partial charge in [0.2, 0.25) is 0 Å². The minimum absolute atomic E-state index is 0.0285. The lowest BCUT2D eigenvalue weighted by molar-refractivity contribution is 0.182. The van der Waals surface area contributed by atoms with Crippen LogP contribution in [0, 0.1) is 5.41 Å². The minimum atomic E-state index is 0.0285. The second-order valence-electron chi connectivity index (χ2n) is 4.22. The lowest BCUT2D eigenvalue weighted by Crippen LogP contribution is -2.11. The van der Waals surface area contributed by atoms with Crippen molar-refractivity contribution in [1.29, 1.82) is 5.41 Å². The fourth-order valence-electron chi connectivity index (χ4n) is 1.93. The molecule has 5 nitrogen and oxygen atoms in total. The number of methoxy groups -OCH3 is 2. The van der Waals surface area contributed by atoms with Gasteiger partial charge in [0.05, 0.1) is 29.3 Å². The standard InChI is InChI=1S/C14H17N3O2S/c1-18-8-10-13(14(15)16)20-12(17-10)7-9-5-3-4-6-11(9)19-2/h3-6H,7-8H2,1-2H3,(H3,15,16). The molecule has 20 heavy (non-hydrogen) atoms. The van der Waals surface area contributed by atoms with Gasteiger partial charge in [-0.3, -0.25) is 5.41 Å². The van der Waals surface area contributed by atoms with Gasteiger partial charge >= 0.3 is 0 Å². The predicted octanol–water partition coefficient (Wildman–Crippen LogP) is 2.17. The fourth-order valence-corrected chi connectivity index (χ4v) is 2.88. The first-order chi connectivity index (χ1) is 9.65. The summed E-state index contributed by atoms with van der Waals surface area (Å²) in [6.45, 7) is 0.358. The number of nitrogens with one attached hydrogen (secondary N) is 1. The Kier molecular flexibility index (Phi) is 4.70. The maximum atomic E-state index is 7.59. The van der Waals surface area contributed by atoms with Crippen molar-refractivity contribution >= 4 is 17.2 Å². The molecule has 0 fully saturated rings. The number of nitrogens with two attached hydrogens (primary N) is 1. The van der Waals surface area contributed by atoms with Gasteiger partial charge in [0.25, 0.3) is 0 Å². The van der Waals surface area contributed by atoms with Crippen LogP contribution in [0.3, 0.4) is 0 Å². The second-order valence-corrected chi connectivity index (χ2v) is 5.30. The number of nitrogen functional groups attached to an aromatic ring is 1.